The highest BCUT2D eigenvalue weighted by Crippen LogP contribution is 2.19. The molecule has 2 N–H and O–H groups in total. The zero-order valence-electron chi connectivity index (χ0n) is 11.6. The van der Waals surface area contributed by atoms with Crippen LogP contribution in [0.25, 0.3) is 0 Å². The van der Waals surface area contributed by atoms with Crippen LogP contribution in [-0.4, -0.2) is 18.0 Å². The van der Waals surface area contributed by atoms with Crippen LogP contribution >= 0.6 is 15.9 Å². The molecule has 0 aliphatic rings. The third kappa shape index (κ3) is 5.87. The lowest BCUT2D eigenvalue weighted by Crippen LogP contribution is -2.25. The largest absolute Gasteiger partial charge is 0.399 e. The van der Waals surface area contributed by atoms with Gasteiger partial charge >= 0.3 is 0 Å². The fourth-order valence-electron chi connectivity index (χ4n) is 2.06. The van der Waals surface area contributed by atoms with Crippen molar-refractivity contribution in [2.45, 2.75) is 46.1 Å². The summed E-state index contributed by atoms with van der Waals surface area (Å²) in [5, 5.41) is 0. The highest BCUT2D eigenvalue weighted by atomic mass is 79.9. The second kappa shape index (κ2) is 8.54. The Kier molecular flexibility index (Phi) is 7.36. The second-order valence-corrected chi connectivity index (χ2v) is 5.79. The van der Waals surface area contributed by atoms with Crippen LogP contribution in [0.2, 0.25) is 0 Å². The number of nitrogen functional groups attached to an aromatic ring is 1. The monoisotopic (exact) mass is 312 g/mol. The van der Waals surface area contributed by atoms with Gasteiger partial charge in [0, 0.05) is 16.7 Å². The lowest BCUT2D eigenvalue weighted by atomic mass is 10.1. The van der Waals surface area contributed by atoms with Crippen LogP contribution in [0.5, 0.6) is 0 Å². The predicted octanol–water partition coefficient (Wildman–Crippen LogP) is 4.43. The molecule has 0 aliphatic heterocycles. The highest BCUT2D eigenvalue weighted by molar-refractivity contribution is 9.10. The molecule has 0 aliphatic carbocycles. The molecular weight excluding hydrogens is 288 g/mol. The molecule has 0 amide bonds. The summed E-state index contributed by atoms with van der Waals surface area (Å²) in [6, 6.07) is 6.20. The zero-order chi connectivity index (χ0) is 13.4. The van der Waals surface area contributed by atoms with Crippen molar-refractivity contribution in [1.29, 1.82) is 0 Å². The average Bonchev–Trinajstić information content (AvgIpc) is 2.31. The number of nitrogens with zero attached hydrogens (tertiary/aromatic N) is 1. The Labute approximate surface area is 120 Å². The molecule has 0 aromatic heterocycles. The predicted molar refractivity (Wildman–Crippen MR) is 83.6 cm³/mol. The van der Waals surface area contributed by atoms with Gasteiger partial charge in [0.2, 0.25) is 0 Å². The van der Waals surface area contributed by atoms with Crippen molar-refractivity contribution < 1.29 is 0 Å². The number of benzene rings is 1. The van der Waals surface area contributed by atoms with Gasteiger partial charge in [0.1, 0.15) is 0 Å². The topological polar surface area (TPSA) is 29.3 Å². The van der Waals surface area contributed by atoms with Gasteiger partial charge in [0.05, 0.1) is 0 Å². The summed E-state index contributed by atoms with van der Waals surface area (Å²) >= 11 is 3.51. The van der Waals surface area contributed by atoms with E-state index in [1.54, 1.807) is 0 Å². The fraction of sp³-hybridized carbons (Fsp3) is 0.600. The summed E-state index contributed by atoms with van der Waals surface area (Å²) in [5.74, 6) is 0. The average molecular weight is 313 g/mol. The summed E-state index contributed by atoms with van der Waals surface area (Å²) < 4.78 is 1.07. The van der Waals surface area contributed by atoms with E-state index in [1.807, 2.05) is 6.07 Å². The minimum atomic E-state index is 0.838. The molecule has 1 aromatic carbocycles. The highest BCUT2D eigenvalue weighted by Gasteiger charge is 2.06. The van der Waals surface area contributed by atoms with Gasteiger partial charge < -0.3 is 5.73 Å². The first-order valence-electron chi connectivity index (χ1n) is 6.93. The van der Waals surface area contributed by atoms with Crippen molar-refractivity contribution in [3.63, 3.8) is 0 Å². The Morgan fingerprint density at radius 3 is 2.17 bits per heavy atom. The Hall–Kier alpha value is -0.540. The van der Waals surface area contributed by atoms with Crippen molar-refractivity contribution in [1.82, 2.24) is 4.90 Å². The normalized spacial score (nSPS) is 11.1. The van der Waals surface area contributed by atoms with Crippen LogP contribution in [0.15, 0.2) is 22.7 Å². The van der Waals surface area contributed by atoms with Crippen molar-refractivity contribution in [3.8, 4) is 0 Å². The number of anilines is 1. The molecule has 0 spiro atoms. The first-order chi connectivity index (χ1) is 8.65. The molecule has 0 unspecified atom stereocenters. The zero-order valence-corrected chi connectivity index (χ0v) is 13.2. The van der Waals surface area contributed by atoms with Gasteiger partial charge in [0.25, 0.3) is 0 Å². The van der Waals surface area contributed by atoms with Crippen molar-refractivity contribution >= 4 is 21.6 Å². The summed E-state index contributed by atoms with van der Waals surface area (Å²) in [6.07, 6.45) is 5.05. The third-order valence-corrected chi connectivity index (χ3v) is 3.50. The Balaban J connectivity index is 2.62. The van der Waals surface area contributed by atoms with Gasteiger partial charge in [-0.05, 0) is 49.7 Å². The molecular formula is C15H25BrN2. The molecule has 2 nitrogen and oxygen atoms in total. The molecule has 1 aromatic rings. The molecule has 0 heterocycles. The number of hydrogen-bond donors (Lipinski definition) is 1. The molecule has 0 saturated heterocycles. The fourth-order valence-corrected chi connectivity index (χ4v) is 2.62. The molecule has 0 bridgehead atoms. The van der Waals surface area contributed by atoms with Gasteiger partial charge in [-0.3, -0.25) is 4.90 Å². The smallest absolute Gasteiger partial charge is 0.0328 e. The number of nitrogens with two attached hydrogens (primary N) is 1. The van der Waals surface area contributed by atoms with Gasteiger partial charge in [-0.2, -0.15) is 0 Å². The minimum absolute atomic E-state index is 0.838. The van der Waals surface area contributed by atoms with E-state index < -0.39 is 0 Å². The molecule has 3 heteroatoms. The first-order valence-corrected chi connectivity index (χ1v) is 7.72. The minimum Gasteiger partial charge on any atom is -0.399 e. The van der Waals surface area contributed by atoms with E-state index in [2.05, 4.69) is 46.8 Å². The third-order valence-electron chi connectivity index (χ3n) is 3.04. The number of rotatable bonds is 8. The summed E-state index contributed by atoms with van der Waals surface area (Å²) in [4.78, 5) is 2.54. The van der Waals surface area contributed by atoms with Gasteiger partial charge in [0.15, 0.2) is 0 Å². The van der Waals surface area contributed by atoms with Crippen molar-refractivity contribution in [3.05, 3.63) is 28.2 Å². The molecule has 0 atom stereocenters. The maximum absolute atomic E-state index is 5.89. The standard InChI is InChI=1S/C15H25BrN2/c1-3-5-7-18(8-6-4-2)12-13-9-14(16)11-15(17)10-13/h9-11H,3-8,12,17H2,1-2H3. The van der Waals surface area contributed by atoms with E-state index >= 15 is 0 Å². The van der Waals surface area contributed by atoms with Gasteiger partial charge in [-0.1, -0.05) is 42.6 Å². The summed E-state index contributed by atoms with van der Waals surface area (Å²) in [5.41, 5.74) is 8.03. The van der Waals surface area contributed by atoms with E-state index in [9.17, 15) is 0 Å². The van der Waals surface area contributed by atoms with E-state index in [4.69, 9.17) is 5.73 Å². The van der Waals surface area contributed by atoms with E-state index in [0.29, 0.717) is 0 Å². The lowest BCUT2D eigenvalue weighted by molar-refractivity contribution is 0.257. The first kappa shape index (κ1) is 15.5. The number of hydrogen-bond acceptors (Lipinski definition) is 2. The molecule has 0 saturated carbocycles. The molecule has 102 valence electrons. The lowest BCUT2D eigenvalue weighted by Gasteiger charge is -2.22. The maximum Gasteiger partial charge on any atom is 0.0328 e. The van der Waals surface area contributed by atoms with Gasteiger partial charge in [-0.25, -0.2) is 0 Å². The van der Waals surface area contributed by atoms with Crippen molar-refractivity contribution in [2.75, 3.05) is 18.8 Å². The van der Waals surface area contributed by atoms with E-state index in [-0.39, 0.29) is 0 Å². The Morgan fingerprint density at radius 1 is 1.06 bits per heavy atom. The van der Waals surface area contributed by atoms with Crippen LogP contribution in [-0.2, 0) is 6.54 Å². The van der Waals surface area contributed by atoms with Crippen molar-refractivity contribution in [2.24, 2.45) is 0 Å². The molecule has 18 heavy (non-hydrogen) atoms. The Morgan fingerprint density at radius 2 is 1.67 bits per heavy atom. The molecule has 0 fully saturated rings. The van der Waals surface area contributed by atoms with Crippen LogP contribution in [0.4, 0.5) is 5.69 Å². The SMILES string of the molecule is CCCCN(CCCC)Cc1cc(N)cc(Br)c1. The summed E-state index contributed by atoms with van der Waals surface area (Å²) in [7, 11) is 0. The van der Waals surface area contributed by atoms with E-state index in [1.165, 1.54) is 44.3 Å². The Bertz CT molecular complexity index is 324. The number of halogens is 1. The van der Waals surface area contributed by atoms with E-state index in [0.717, 1.165) is 16.7 Å². The summed E-state index contributed by atoms with van der Waals surface area (Å²) in [6.45, 7) is 7.86. The molecule has 0 radical (unpaired) electrons. The van der Waals surface area contributed by atoms with Gasteiger partial charge in [-0.15, -0.1) is 0 Å². The number of unbranched alkanes of at least 4 members (excludes halogenated alkanes) is 2. The maximum atomic E-state index is 5.89. The molecule has 1 rings (SSSR count). The van der Waals surface area contributed by atoms with Crippen LogP contribution < -0.4 is 5.73 Å². The quantitative estimate of drug-likeness (QED) is 0.719. The van der Waals surface area contributed by atoms with Crippen LogP contribution in [0.3, 0.4) is 0 Å². The van der Waals surface area contributed by atoms with Crippen LogP contribution in [0, 0.1) is 0 Å². The second-order valence-electron chi connectivity index (χ2n) is 4.88. The van der Waals surface area contributed by atoms with Crippen LogP contribution in [0.1, 0.15) is 45.1 Å².